The Morgan fingerprint density at radius 1 is 1.28 bits per heavy atom. The fraction of sp³-hybridized carbons (Fsp3) is 0.500. The molecule has 1 aliphatic heterocycles. The number of likely N-dealkylation sites (tertiary alicyclic amines) is 1. The van der Waals surface area contributed by atoms with Crippen molar-refractivity contribution in [3.05, 3.63) is 36.2 Å². The molecule has 1 N–H and O–H groups in total. The second kappa shape index (κ2) is 8.11. The standard InChI is InChI=1S/C18H26N6O/c1-23(2)16-8-9-19-18(22-16)21-15-5-4-10-24(13-15)12-14-6-7-17(25-3)20-11-14/h6-9,11,15H,4-5,10,12-13H2,1-3H3,(H,19,21,22). The topological polar surface area (TPSA) is 66.4 Å². The lowest BCUT2D eigenvalue weighted by Crippen LogP contribution is -2.42. The van der Waals surface area contributed by atoms with Crippen LogP contribution >= 0.6 is 0 Å². The number of aromatic nitrogens is 3. The van der Waals surface area contributed by atoms with Crippen LogP contribution in [0.4, 0.5) is 11.8 Å². The Balaban J connectivity index is 1.58. The zero-order chi connectivity index (χ0) is 17.6. The van der Waals surface area contributed by atoms with Crippen LogP contribution in [0.2, 0.25) is 0 Å². The van der Waals surface area contributed by atoms with Gasteiger partial charge in [0.2, 0.25) is 11.8 Å². The fourth-order valence-electron chi connectivity index (χ4n) is 3.05. The minimum Gasteiger partial charge on any atom is -0.481 e. The third-order valence-corrected chi connectivity index (χ3v) is 4.35. The van der Waals surface area contributed by atoms with Crippen LogP contribution in [0.1, 0.15) is 18.4 Å². The summed E-state index contributed by atoms with van der Waals surface area (Å²) in [6, 6.07) is 6.26. The van der Waals surface area contributed by atoms with E-state index in [1.165, 1.54) is 5.56 Å². The van der Waals surface area contributed by atoms with Crippen molar-refractivity contribution in [2.45, 2.75) is 25.4 Å². The number of piperidine rings is 1. The molecule has 1 unspecified atom stereocenters. The molecule has 0 bridgehead atoms. The van der Waals surface area contributed by atoms with Crippen LogP contribution in [0.3, 0.4) is 0 Å². The monoisotopic (exact) mass is 342 g/mol. The number of nitrogens with one attached hydrogen (secondary N) is 1. The highest BCUT2D eigenvalue weighted by molar-refractivity contribution is 5.41. The van der Waals surface area contributed by atoms with Crippen molar-refractivity contribution in [3.63, 3.8) is 0 Å². The molecule has 7 heteroatoms. The van der Waals surface area contributed by atoms with Gasteiger partial charge in [0.15, 0.2) is 0 Å². The maximum atomic E-state index is 5.12. The Bertz CT molecular complexity index is 676. The summed E-state index contributed by atoms with van der Waals surface area (Å²) in [5.74, 6) is 2.26. The Morgan fingerprint density at radius 3 is 2.88 bits per heavy atom. The molecular weight excluding hydrogens is 316 g/mol. The van der Waals surface area contributed by atoms with Crippen LogP contribution in [-0.2, 0) is 6.54 Å². The molecule has 1 saturated heterocycles. The van der Waals surface area contributed by atoms with Crippen molar-refractivity contribution >= 4 is 11.8 Å². The molecule has 1 atom stereocenters. The van der Waals surface area contributed by atoms with Gasteiger partial charge in [-0.05, 0) is 31.0 Å². The lowest BCUT2D eigenvalue weighted by atomic mass is 10.1. The third kappa shape index (κ3) is 4.79. The number of methoxy groups -OCH3 is 1. The summed E-state index contributed by atoms with van der Waals surface area (Å²) in [4.78, 5) is 17.6. The van der Waals surface area contributed by atoms with Gasteiger partial charge in [-0.3, -0.25) is 4.90 Å². The average Bonchev–Trinajstić information content (AvgIpc) is 2.63. The lowest BCUT2D eigenvalue weighted by molar-refractivity contribution is 0.208. The highest BCUT2D eigenvalue weighted by atomic mass is 16.5. The van der Waals surface area contributed by atoms with Crippen molar-refractivity contribution in [3.8, 4) is 5.88 Å². The first-order valence-electron chi connectivity index (χ1n) is 8.62. The molecule has 25 heavy (non-hydrogen) atoms. The van der Waals surface area contributed by atoms with Gasteiger partial charge in [-0.1, -0.05) is 6.07 Å². The molecule has 134 valence electrons. The van der Waals surface area contributed by atoms with Gasteiger partial charge in [0.05, 0.1) is 7.11 Å². The van der Waals surface area contributed by atoms with Crippen molar-refractivity contribution in [1.29, 1.82) is 0 Å². The predicted molar refractivity (Wildman–Crippen MR) is 99.1 cm³/mol. The van der Waals surface area contributed by atoms with Gasteiger partial charge in [0.1, 0.15) is 5.82 Å². The molecule has 7 nitrogen and oxygen atoms in total. The van der Waals surface area contributed by atoms with Gasteiger partial charge in [0, 0.05) is 51.7 Å². The number of nitrogens with zero attached hydrogens (tertiary/aromatic N) is 5. The van der Waals surface area contributed by atoms with Gasteiger partial charge < -0.3 is 15.0 Å². The normalized spacial score (nSPS) is 18.0. The summed E-state index contributed by atoms with van der Waals surface area (Å²) in [6.07, 6.45) is 5.98. The fourth-order valence-corrected chi connectivity index (χ4v) is 3.05. The second-order valence-electron chi connectivity index (χ2n) is 6.56. The first-order valence-corrected chi connectivity index (χ1v) is 8.62. The number of anilines is 2. The molecule has 0 aromatic carbocycles. The Labute approximate surface area is 149 Å². The van der Waals surface area contributed by atoms with Gasteiger partial charge in [-0.2, -0.15) is 4.98 Å². The van der Waals surface area contributed by atoms with Crippen LogP contribution < -0.4 is 15.0 Å². The van der Waals surface area contributed by atoms with E-state index in [0.717, 1.165) is 38.3 Å². The molecule has 0 radical (unpaired) electrons. The smallest absolute Gasteiger partial charge is 0.224 e. The van der Waals surface area contributed by atoms with E-state index in [-0.39, 0.29) is 0 Å². The SMILES string of the molecule is COc1ccc(CN2CCCC(Nc3nccc(N(C)C)n3)C2)cn1. The summed E-state index contributed by atoms with van der Waals surface area (Å²) in [7, 11) is 5.60. The number of rotatable bonds is 6. The van der Waals surface area contributed by atoms with E-state index in [9.17, 15) is 0 Å². The summed E-state index contributed by atoms with van der Waals surface area (Å²) in [5, 5.41) is 3.48. The van der Waals surface area contributed by atoms with Crippen LogP contribution in [0, 0.1) is 0 Å². The van der Waals surface area contributed by atoms with E-state index in [1.54, 1.807) is 13.3 Å². The first kappa shape index (κ1) is 17.4. The number of pyridine rings is 1. The molecule has 0 spiro atoms. The largest absolute Gasteiger partial charge is 0.481 e. The third-order valence-electron chi connectivity index (χ3n) is 4.35. The van der Waals surface area contributed by atoms with Crippen molar-refractivity contribution in [1.82, 2.24) is 19.9 Å². The molecule has 1 fully saturated rings. The highest BCUT2D eigenvalue weighted by Crippen LogP contribution is 2.18. The van der Waals surface area contributed by atoms with Crippen molar-refractivity contribution in [2.24, 2.45) is 0 Å². The van der Waals surface area contributed by atoms with Crippen LogP contribution in [0.15, 0.2) is 30.6 Å². The molecule has 3 rings (SSSR count). The Kier molecular flexibility index (Phi) is 5.65. The van der Waals surface area contributed by atoms with E-state index < -0.39 is 0 Å². The molecule has 0 amide bonds. The van der Waals surface area contributed by atoms with Crippen molar-refractivity contribution in [2.75, 3.05) is 44.5 Å². The van der Waals surface area contributed by atoms with Gasteiger partial charge in [-0.15, -0.1) is 0 Å². The number of hydrogen-bond donors (Lipinski definition) is 1. The van der Waals surface area contributed by atoms with Crippen molar-refractivity contribution < 1.29 is 4.74 Å². The number of ether oxygens (including phenoxy) is 1. The molecule has 0 aliphatic carbocycles. The molecular formula is C18H26N6O. The Hall–Kier alpha value is -2.41. The van der Waals surface area contributed by atoms with E-state index in [2.05, 4.69) is 31.2 Å². The van der Waals surface area contributed by atoms with Crippen LogP contribution in [0.5, 0.6) is 5.88 Å². The highest BCUT2D eigenvalue weighted by Gasteiger charge is 2.20. The van der Waals surface area contributed by atoms with E-state index >= 15 is 0 Å². The Morgan fingerprint density at radius 2 is 2.16 bits per heavy atom. The maximum Gasteiger partial charge on any atom is 0.224 e. The minimum absolute atomic E-state index is 0.359. The minimum atomic E-state index is 0.359. The summed E-state index contributed by atoms with van der Waals surface area (Å²) < 4.78 is 5.12. The van der Waals surface area contributed by atoms with E-state index in [1.807, 2.05) is 37.3 Å². The molecule has 3 heterocycles. The molecule has 1 aliphatic rings. The zero-order valence-electron chi connectivity index (χ0n) is 15.1. The maximum absolute atomic E-state index is 5.12. The van der Waals surface area contributed by atoms with Gasteiger partial charge >= 0.3 is 0 Å². The van der Waals surface area contributed by atoms with E-state index in [0.29, 0.717) is 17.9 Å². The lowest BCUT2D eigenvalue weighted by Gasteiger charge is -2.33. The molecule has 0 saturated carbocycles. The van der Waals surface area contributed by atoms with Crippen LogP contribution in [0.25, 0.3) is 0 Å². The van der Waals surface area contributed by atoms with Crippen LogP contribution in [-0.4, -0.2) is 60.2 Å². The predicted octanol–water partition coefficient (Wildman–Crippen LogP) is 2.02. The summed E-state index contributed by atoms with van der Waals surface area (Å²) >= 11 is 0. The quantitative estimate of drug-likeness (QED) is 0.861. The zero-order valence-corrected chi connectivity index (χ0v) is 15.1. The first-order chi connectivity index (χ1) is 12.1. The van der Waals surface area contributed by atoms with E-state index in [4.69, 9.17) is 4.74 Å². The van der Waals surface area contributed by atoms with Gasteiger partial charge in [0.25, 0.3) is 0 Å². The van der Waals surface area contributed by atoms with Gasteiger partial charge in [-0.25, -0.2) is 9.97 Å². The molecule has 2 aromatic heterocycles. The molecule has 2 aromatic rings. The second-order valence-corrected chi connectivity index (χ2v) is 6.56. The summed E-state index contributed by atoms with van der Waals surface area (Å²) in [6.45, 7) is 2.97. The average molecular weight is 342 g/mol. The summed E-state index contributed by atoms with van der Waals surface area (Å²) in [5.41, 5.74) is 1.20. The number of hydrogen-bond acceptors (Lipinski definition) is 7.